The number of aliphatic hydroxyl groups excluding tert-OH is 1. The van der Waals surface area contributed by atoms with Gasteiger partial charge in [0.2, 0.25) is 0 Å². The number of carbonyl (C=O) groups excluding carboxylic acids is 1. The van der Waals surface area contributed by atoms with E-state index in [2.05, 4.69) is 5.32 Å². The molecule has 2 aromatic rings. The molecule has 2 N–H and O–H groups in total. The smallest absolute Gasteiger partial charge is 0.408 e. The highest BCUT2D eigenvalue weighted by molar-refractivity contribution is 5.68. The number of alkyl carbamates (subject to hydrolysis) is 1. The third-order valence-electron chi connectivity index (χ3n) is 3.18. The standard InChI is InChI=1S/C17H19NO4/c1-21-15-9-5-8-14(10-15)16(11-19)18-17(20)22-12-13-6-3-2-4-7-13/h2-10,16,19H,11-12H2,1H3,(H,18,20)/t16-/m0/s1. The van der Waals surface area contributed by atoms with Crippen LogP contribution in [0.2, 0.25) is 0 Å². The Balaban J connectivity index is 1.93. The predicted octanol–water partition coefficient (Wildman–Crippen LogP) is 2.66. The highest BCUT2D eigenvalue weighted by atomic mass is 16.5. The average molecular weight is 301 g/mol. The predicted molar refractivity (Wildman–Crippen MR) is 82.6 cm³/mol. The Hall–Kier alpha value is -2.53. The minimum absolute atomic E-state index is 0.183. The van der Waals surface area contributed by atoms with Gasteiger partial charge in [0.05, 0.1) is 19.8 Å². The molecule has 22 heavy (non-hydrogen) atoms. The molecule has 5 nitrogen and oxygen atoms in total. The van der Waals surface area contributed by atoms with Crippen LogP contribution >= 0.6 is 0 Å². The van der Waals surface area contributed by atoms with Crippen molar-refractivity contribution in [3.05, 3.63) is 65.7 Å². The zero-order valence-electron chi connectivity index (χ0n) is 12.4. The number of aliphatic hydroxyl groups is 1. The number of hydrogen-bond acceptors (Lipinski definition) is 4. The second kappa shape index (κ2) is 8.05. The first kappa shape index (κ1) is 15.9. The van der Waals surface area contributed by atoms with Gasteiger partial charge in [-0.25, -0.2) is 4.79 Å². The lowest BCUT2D eigenvalue weighted by Gasteiger charge is -2.17. The van der Waals surface area contributed by atoms with Crippen LogP contribution in [0.1, 0.15) is 17.2 Å². The summed E-state index contributed by atoms with van der Waals surface area (Å²) < 4.78 is 10.3. The third kappa shape index (κ3) is 4.49. The van der Waals surface area contributed by atoms with Crippen molar-refractivity contribution in [1.29, 1.82) is 0 Å². The minimum Gasteiger partial charge on any atom is -0.497 e. The fourth-order valence-electron chi connectivity index (χ4n) is 2.00. The van der Waals surface area contributed by atoms with E-state index in [1.807, 2.05) is 30.3 Å². The molecule has 2 rings (SSSR count). The molecule has 0 bridgehead atoms. The normalized spacial score (nSPS) is 11.5. The van der Waals surface area contributed by atoms with E-state index < -0.39 is 12.1 Å². The number of rotatable bonds is 6. The second-order valence-corrected chi connectivity index (χ2v) is 4.72. The maximum Gasteiger partial charge on any atom is 0.408 e. The third-order valence-corrected chi connectivity index (χ3v) is 3.18. The summed E-state index contributed by atoms with van der Waals surface area (Å²) in [4.78, 5) is 11.8. The molecule has 0 fully saturated rings. The van der Waals surface area contributed by atoms with Crippen LogP contribution in [0.5, 0.6) is 5.75 Å². The van der Waals surface area contributed by atoms with Gasteiger partial charge in [-0.05, 0) is 23.3 Å². The first-order chi connectivity index (χ1) is 10.7. The number of ether oxygens (including phenoxy) is 2. The highest BCUT2D eigenvalue weighted by Gasteiger charge is 2.15. The van der Waals surface area contributed by atoms with Crippen LogP contribution in [-0.4, -0.2) is 24.9 Å². The van der Waals surface area contributed by atoms with Gasteiger partial charge in [0, 0.05) is 0 Å². The monoisotopic (exact) mass is 301 g/mol. The van der Waals surface area contributed by atoms with E-state index >= 15 is 0 Å². The van der Waals surface area contributed by atoms with Crippen LogP contribution in [0.4, 0.5) is 4.79 Å². The summed E-state index contributed by atoms with van der Waals surface area (Å²) in [7, 11) is 1.56. The van der Waals surface area contributed by atoms with Crippen molar-refractivity contribution in [2.24, 2.45) is 0 Å². The molecule has 5 heteroatoms. The fraction of sp³-hybridized carbons (Fsp3) is 0.235. The highest BCUT2D eigenvalue weighted by Crippen LogP contribution is 2.19. The van der Waals surface area contributed by atoms with Crippen molar-refractivity contribution in [3.8, 4) is 5.75 Å². The molecule has 0 unspecified atom stereocenters. The average Bonchev–Trinajstić information content (AvgIpc) is 2.58. The van der Waals surface area contributed by atoms with E-state index in [0.717, 1.165) is 11.1 Å². The van der Waals surface area contributed by atoms with Crippen LogP contribution in [0.15, 0.2) is 54.6 Å². The molecule has 0 saturated heterocycles. The summed E-state index contributed by atoms with van der Waals surface area (Å²) in [5.74, 6) is 0.662. The summed E-state index contributed by atoms with van der Waals surface area (Å²) in [5, 5.41) is 12.1. The van der Waals surface area contributed by atoms with Crippen molar-refractivity contribution in [1.82, 2.24) is 5.32 Å². The van der Waals surface area contributed by atoms with Gasteiger partial charge in [0.15, 0.2) is 0 Å². The Bertz CT molecular complexity index is 601. The Morgan fingerprint density at radius 3 is 2.64 bits per heavy atom. The van der Waals surface area contributed by atoms with Crippen LogP contribution in [-0.2, 0) is 11.3 Å². The number of carbonyl (C=O) groups is 1. The maximum absolute atomic E-state index is 11.8. The first-order valence-electron chi connectivity index (χ1n) is 6.95. The van der Waals surface area contributed by atoms with Gasteiger partial charge >= 0.3 is 6.09 Å². The summed E-state index contributed by atoms with van der Waals surface area (Å²) in [5.41, 5.74) is 1.65. The van der Waals surface area contributed by atoms with Gasteiger partial charge in [0.1, 0.15) is 12.4 Å². The number of methoxy groups -OCH3 is 1. The van der Waals surface area contributed by atoms with Gasteiger partial charge in [-0.2, -0.15) is 0 Å². The Morgan fingerprint density at radius 2 is 1.95 bits per heavy atom. The molecule has 0 radical (unpaired) electrons. The van der Waals surface area contributed by atoms with Crippen molar-refractivity contribution in [2.75, 3.05) is 13.7 Å². The molecule has 1 atom stereocenters. The van der Waals surface area contributed by atoms with Crippen molar-refractivity contribution in [3.63, 3.8) is 0 Å². The van der Waals surface area contributed by atoms with Crippen molar-refractivity contribution < 1.29 is 19.4 Å². The SMILES string of the molecule is COc1cccc([C@H](CO)NC(=O)OCc2ccccc2)c1. The Labute approximate surface area is 129 Å². The molecule has 0 aliphatic rings. The zero-order chi connectivity index (χ0) is 15.8. The van der Waals surface area contributed by atoms with E-state index in [9.17, 15) is 9.90 Å². The van der Waals surface area contributed by atoms with E-state index in [0.29, 0.717) is 5.75 Å². The van der Waals surface area contributed by atoms with Crippen LogP contribution in [0, 0.1) is 0 Å². The Kier molecular flexibility index (Phi) is 5.80. The van der Waals surface area contributed by atoms with E-state index in [-0.39, 0.29) is 13.2 Å². The lowest BCUT2D eigenvalue weighted by atomic mass is 10.1. The summed E-state index contributed by atoms with van der Waals surface area (Å²) in [6, 6.07) is 16.0. The van der Waals surface area contributed by atoms with Crippen LogP contribution < -0.4 is 10.1 Å². The molecular weight excluding hydrogens is 282 g/mol. The minimum atomic E-state index is -0.578. The van der Waals surface area contributed by atoms with Gasteiger partial charge in [-0.15, -0.1) is 0 Å². The Morgan fingerprint density at radius 1 is 1.18 bits per heavy atom. The van der Waals surface area contributed by atoms with Gasteiger partial charge < -0.3 is 19.9 Å². The zero-order valence-corrected chi connectivity index (χ0v) is 12.4. The largest absolute Gasteiger partial charge is 0.497 e. The van der Waals surface area contributed by atoms with Gasteiger partial charge in [-0.1, -0.05) is 42.5 Å². The molecule has 0 aliphatic carbocycles. The van der Waals surface area contributed by atoms with Crippen molar-refractivity contribution >= 4 is 6.09 Å². The first-order valence-corrected chi connectivity index (χ1v) is 6.95. The number of benzene rings is 2. The summed E-state index contributed by atoms with van der Waals surface area (Å²) in [6.07, 6.45) is -0.578. The second-order valence-electron chi connectivity index (χ2n) is 4.72. The van der Waals surface area contributed by atoms with Crippen LogP contribution in [0.3, 0.4) is 0 Å². The van der Waals surface area contributed by atoms with E-state index in [4.69, 9.17) is 9.47 Å². The molecule has 0 aromatic heterocycles. The van der Waals surface area contributed by atoms with Crippen molar-refractivity contribution in [2.45, 2.75) is 12.6 Å². The number of nitrogens with one attached hydrogen (secondary N) is 1. The lowest BCUT2D eigenvalue weighted by molar-refractivity contribution is 0.129. The molecule has 0 saturated carbocycles. The van der Waals surface area contributed by atoms with E-state index in [1.54, 1.807) is 31.4 Å². The summed E-state index contributed by atoms with van der Waals surface area (Å²) >= 11 is 0. The van der Waals surface area contributed by atoms with Gasteiger partial charge in [0.25, 0.3) is 0 Å². The molecule has 0 aliphatic heterocycles. The van der Waals surface area contributed by atoms with Gasteiger partial charge in [-0.3, -0.25) is 0 Å². The molecule has 0 heterocycles. The number of hydrogen-bond donors (Lipinski definition) is 2. The maximum atomic E-state index is 11.8. The molecular formula is C17H19NO4. The van der Waals surface area contributed by atoms with Crippen LogP contribution in [0.25, 0.3) is 0 Å². The van der Waals surface area contributed by atoms with E-state index in [1.165, 1.54) is 0 Å². The molecule has 1 amide bonds. The molecule has 116 valence electrons. The summed E-state index contributed by atoms with van der Waals surface area (Å²) in [6.45, 7) is -0.0451. The molecule has 2 aromatic carbocycles. The topological polar surface area (TPSA) is 67.8 Å². The quantitative estimate of drug-likeness (QED) is 0.860. The molecule has 0 spiro atoms. The lowest BCUT2D eigenvalue weighted by Crippen LogP contribution is -2.31. The number of amides is 1. The fourth-order valence-corrected chi connectivity index (χ4v) is 2.00.